The Labute approximate surface area is 205 Å². The van der Waals surface area contributed by atoms with Gasteiger partial charge < -0.3 is 15.3 Å². The molecule has 0 aliphatic rings. The van der Waals surface area contributed by atoms with Gasteiger partial charge in [0, 0.05) is 24.3 Å². The molecule has 0 aromatic rings. The van der Waals surface area contributed by atoms with Crippen LogP contribution >= 0.6 is 21.6 Å². The van der Waals surface area contributed by atoms with Crippen molar-refractivity contribution in [3.05, 3.63) is 0 Å². The lowest BCUT2D eigenvalue weighted by atomic mass is 10.0. The Bertz CT molecular complexity index is 372. The first kappa shape index (κ1) is 33.8. The van der Waals surface area contributed by atoms with E-state index in [1.807, 2.05) is 0 Å². The number of carboxylic acids is 2. The average Bonchev–Trinajstić information content (AvgIpc) is 2.75. The normalized spacial score (nSPS) is 10.8. The fourth-order valence-corrected chi connectivity index (χ4v) is 5.32. The second-order valence-electron chi connectivity index (χ2n) is 8.41. The molecule has 0 spiro atoms. The molecule has 0 aromatic heterocycles. The van der Waals surface area contributed by atoms with Crippen molar-refractivity contribution < 1.29 is 24.9 Å². The van der Waals surface area contributed by atoms with Gasteiger partial charge in [-0.3, -0.25) is 9.59 Å². The van der Waals surface area contributed by atoms with Crippen LogP contribution in [0.15, 0.2) is 0 Å². The van der Waals surface area contributed by atoms with E-state index in [1.165, 1.54) is 77.0 Å². The molecule has 192 valence electrons. The van der Waals surface area contributed by atoms with E-state index in [0.29, 0.717) is 12.8 Å². The summed E-state index contributed by atoms with van der Waals surface area (Å²) in [5.74, 6) is 0.0941. The number of hydrogen-bond donors (Lipinski definition) is 3. The van der Waals surface area contributed by atoms with Gasteiger partial charge in [0.2, 0.25) is 0 Å². The highest BCUT2D eigenvalue weighted by atomic mass is 33.1. The lowest BCUT2D eigenvalue weighted by Gasteiger charge is -2.10. The molecule has 0 unspecified atom stereocenters. The lowest BCUT2D eigenvalue weighted by molar-refractivity contribution is -0.138. The first-order valence-corrected chi connectivity index (χ1v) is 15.3. The van der Waals surface area contributed by atoms with Crippen molar-refractivity contribution >= 4 is 33.5 Å². The molecule has 32 heavy (non-hydrogen) atoms. The molecular formula is C25H50O5S2. The minimum atomic E-state index is -0.763. The largest absolute Gasteiger partial charge is 0.481 e. The van der Waals surface area contributed by atoms with Crippen LogP contribution in [0.3, 0.4) is 0 Å². The minimum Gasteiger partial charge on any atom is -0.481 e. The van der Waals surface area contributed by atoms with Crippen LogP contribution < -0.4 is 0 Å². The van der Waals surface area contributed by atoms with Gasteiger partial charge in [0.15, 0.2) is 0 Å². The number of carboxylic acid groups (broad SMARTS) is 2. The zero-order valence-corrected chi connectivity index (χ0v) is 22.3. The van der Waals surface area contributed by atoms with Gasteiger partial charge in [0.05, 0.1) is 6.10 Å². The van der Waals surface area contributed by atoms with Gasteiger partial charge >= 0.3 is 11.9 Å². The summed E-state index contributed by atoms with van der Waals surface area (Å²) in [6.07, 6.45) is 19.7. The van der Waals surface area contributed by atoms with E-state index < -0.39 is 11.9 Å². The maximum absolute atomic E-state index is 10.1. The van der Waals surface area contributed by atoms with Gasteiger partial charge in [-0.2, -0.15) is 0 Å². The third-order valence-corrected chi connectivity index (χ3v) is 7.68. The van der Waals surface area contributed by atoms with E-state index in [4.69, 9.17) is 10.2 Å². The Morgan fingerprint density at radius 1 is 0.594 bits per heavy atom. The third-order valence-electron chi connectivity index (χ3n) is 5.10. The van der Waals surface area contributed by atoms with Gasteiger partial charge in [-0.05, 0) is 25.7 Å². The maximum atomic E-state index is 10.1. The number of unbranched alkanes of at least 4 members (excludes halogenated alkanes) is 10. The van der Waals surface area contributed by atoms with Crippen molar-refractivity contribution in [2.75, 3.05) is 11.5 Å². The molecule has 0 saturated carbocycles. The Kier molecular flexibility index (Phi) is 30.2. The van der Waals surface area contributed by atoms with Crippen LogP contribution in [-0.4, -0.2) is 44.9 Å². The second kappa shape index (κ2) is 28.6. The molecule has 5 nitrogen and oxygen atoms in total. The highest BCUT2D eigenvalue weighted by Crippen LogP contribution is 2.23. The molecular weight excluding hydrogens is 444 g/mol. The van der Waals surface area contributed by atoms with Crippen LogP contribution in [0.5, 0.6) is 0 Å². The number of rotatable bonds is 23. The van der Waals surface area contributed by atoms with Crippen molar-refractivity contribution in [2.24, 2.45) is 0 Å². The van der Waals surface area contributed by atoms with Gasteiger partial charge in [-0.1, -0.05) is 112 Å². The number of aliphatic carboxylic acids is 2. The van der Waals surface area contributed by atoms with Gasteiger partial charge in [0.25, 0.3) is 0 Å². The van der Waals surface area contributed by atoms with E-state index in [-0.39, 0.29) is 18.9 Å². The standard InChI is InChI=1S/C17H36O.C8H14O4S2/c1-3-5-7-9-11-13-15-17(18)16-14-12-10-8-6-4-2;9-7(10)3-1-5-13-14-6-2-4-8(11)12/h17-18H,3-16H2,1-2H3;1-6H2,(H,9,10)(H,11,12). The summed E-state index contributed by atoms with van der Waals surface area (Å²) in [5, 5.41) is 26.5. The minimum absolute atomic E-state index is 0.0256. The van der Waals surface area contributed by atoms with Crippen LogP contribution in [0, 0.1) is 0 Å². The first-order chi connectivity index (χ1) is 15.4. The topological polar surface area (TPSA) is 94.8 Å². The number of aliphatic hydroxyl groups is 1. The molecule has 0 rings (SSSR count). The van der Waals surface area contributed by atoms with E-state index >= 15 is 0 Å². The maximum Gasteiger partial charge on any atom is 0.303 e. The Morgan fingerprint density at radius 3 is 1.28 bits per heavy atom. The molecule has 0 heterocycles. The highest BCUT2D eigenvalue weighted by Gasteiger charge is 2.03. The lowest BCUT2D eigenvalue weighted by Crippen LogP contribution is -2.05. The molecule has 0 atom stereocenters. The summed E-state index contributed by atoms with van der Waals surface area (Å²) in [6, 6.07) is 0. The van der Waals surface area contributed by atoms with Crippen LogP contribution in [0.1, 0.15) is 129 Å². The fourth-order valence-electron chi connectivity index (χ4n) is 3.15. The molecule has 7 heteroatoms. The molecule has 0 bridgehead atoms. The van der Waals surface area contributed by atoms with E-state index in [1.54, 1.807) is 21.6 Å². The summed E-state index contributed by atoms with van der Waals surface area (Å²) in [5.41, 5.74) is 0. The summed E-state index contributed by atoms with van der Waals surface area (Å²) in [4.78, 5) is 20.3. The molecule has 0 fully saturated rings. The fraction of sp³-hybridized carbons (Fsp3) is 0.920. The first-order valence-electron chi connectivity index (χ1n) is 12.8. The van der Waals surface area contributed by atoms with Crippen molar-refractivity contribution in [3.8, 4) is 0 Å². The van der Waals surface area contributed by atoms with E-state index in [2.05, 4.69) is 13.8 Å². The summed E-state index contributed by atoms with van der Waals surface area (Å²) < 4.78 is 0. The molecule has 0 aromatic carbocycles. The predicted octanol–water partition coefficient (Wildman–Crippen LogP) is 7.95. The van der Waals surface area contributed by atoms with Gasteiger partial charge in [-0.25, -0.2) is 0 Å². The van der Waals surface area contributed by atoms with Crippen molar-refractivity contribution in [1.29, 1.82) is 0 Å². The second-order valence-corrected chi connectivity index (χ2v) is 11.1. The molecule has 0 amide bonds. The van der Waals surface area contributed by atoms with Crippen LogP contribution in [0.4, 0.5) is 0 Å². The quantitative estimate of drug-likeness (QED) is 0.0979. The van der Waals surface area contributed by atoms with Crippen LogP contribution in [0.2, 0.25) is 0 Å². The molecule has 0 saturated heterocycles. The zero-order chi connectivity index (χ0) is 24.3. The van der Waals surface area contributed by atoms with Gasteiger partial charge in [-0.15, -0.1) is 0 Å². The summed E-state index contributed by atoms with van der Waals surface area (Å²) in [6.45, 7) is 4.51. The molecule has 3 N–H and O–H groups in total. The summed E-state index contributed by atoms with van der Waals surface area (Å²) >= 11 is 0. The van der Waals surface area contributed by atoms with Crippen molar-refractivity contribution in [1.82, 2.24) is 0 Å². The average molecular weight is 495 g/mol. The highest BCUT2D eigenvalue weighted by molar-refractivity contribution is 8.76. The van der Waals surface area contributed by atoms with Crippen molar-refractivity contribution in [3.63, 3.8) is 0 Å². The smallest absolute Gasteiger partial charge is 0.303 e. The van der Waals surface area contributed by atoms with E-state index in [9.17, 15) is 14.7 Å². The Morgan fingerprint density at radius 2 is 0.938 bits per heavy atom. The Balaban J connectivity index is 0. The SMILES string of the molecule is CCCCCCCCC(O)CCCCCCCC.O=C(O)CCCSSCCCC(=O)O. The van der Waals surface area contributed by atoms with Crippen LogP contribution in [0.25, 0.3) is 0 Å². The van der Waals surface area contributed by atoms with E-state index in [0.717, 1.165) is 24.3 Å². The molecule has 0 aliphatic heterocycles. The number of carbonyl (C=O) groups is 2. The summed E-state index contributed by atoms with van der Waals surface area (Å²) in [7, 11) is 3.21. The molecule has 0 aliphatic carbocycles. The number of hydrogen-bond acceptors (Lipinski definition) is 5. The zero-order valence-electron chi connectivity index (χ0n) is 20.7. The number of aliphatic hydroxyl groups excluding tert-OH is 1. The molecule has 0 radical (unpaired) electrons. The monoisotopic (exact) mass is 494 g/mol. The predicted molar refractivity (Wildman–Crippen MR) is 141 cm³/mol. The Hall–Kier alpha value is -0.400. The van der Waals surface area contributed by atoms with Gasteiger partial charge in [0.1, 0.15) is 0 Å². The third kappa shape index (κ3) is 34.2. The van der Waals surface area contributed by atoms with Crippen molar-refractivity contribution in [2.45, 2.75) is 136 Å². The van der Waals surface area contributed by atoms with Crippen LogP contribution in [-0.2, 0) is 9.59 Å².